The Morgan fingerprint density at radius 1 is 1.03 bits per heavy atom. The van der Waals surface area contributed by atoms with E-state index in [9.17, 15) is 4.79 Å². The Morgan fingerprint density at radius 3 is 2.59 bits per heavy atom. The molecule has 6 nitrogen and oxygen atoms in total. The molecule has 0 atom stereocenters. The van der Waals surface area contributed by atoms with E-state index in [1.807, 2.05) is 59.5 Å². The van der Waals surface area contributed by atoms with Crippen molar-refractivity contribution in [1.29, 1.82) is 0 Å². The van der Waals surface area contributed by atoms with Gasteiger partial charge in [-0.15, -0.1) is 10.2 Å². The van der Waals surface area contributed by atoms with Crippen LogP contribution in [0.5, 0.6) is 0 Å². The number of benzene rings is 2. The van der Waals surface area contributed by atoms with Gasteiger partial charge >= 0.3 is 0 Å². The molecule has 2 aromatic carbocycles. The summed E-state index contributed by atoms with van der Waals surface area (Å²) in [4.78, 5) is 15.0. The highest BCUT2D eigenvalue weighted by Gasteiger charge is 2.19. The van der Waals surface area contributed by atoms with Crippen LogP contribution in [0.25, 0.3) is 11.4 Å². The van der Waals surface area contributed by atoms with Gasteiger partial charge in [-0.25, -0.2) is 0 Å². The Balaban J connectivity index is 1.49. The number of rotatable bonds is 9. The van der Waals surface area contributed by atoms with Gasteiger partial charge in [0.2, 0.25) is 5.91 Å². The second-order valence-electron chi connectivity index (χ2n) is 7.52. The van der Waals surface area contributed by atoms with Crippen molar-refractivity contribution >= 4 is 17.7 Å². The lowest BCUT2D eigenvalue weighted by Gasteiger charge is -2.21. The van der Waals surface area contributed by atoms with Crippen LogP contribution in [0.1, 0.15) is 23.8 Å². The Kier molecular flexibility index (Phi) is 7.07. The average Bonchev–Trinajstić information content (AvgIpc) is 3.47. The fraction of sp³-hybridized carbons (Fsp3) is 0.240. The minimum absolute atomic E-state index is 0.0259. The van der Waals surface area contributed by atoms with E-state index in [0.29, 0.717) is 13.1 Å². The molecule has 0 aliphatic heterocycles. The first-order chi connectivity index (χ1) is 15.6. The van der Waals surface area contributed by atoms with Crippen LogP contribution in [0.4, 0.5) is 0 Å². The zero-order valence-corrected chi connectivity index (χ0v) is 19.1. The normalized spacial score (nSPS) is 10.9. The van der Waals surface area contributed by atoms with Crippen LogP contribution in [0.2, 0.25) is 0 Å². The van der Waals surface area contributed by atoms with Gasteiger partial charge in [0.25, 0.3) is 0 Å². The molecule has 0 saturated carbocycles. The van der Waals surface area contributed by atoms with Crippen LogP contribution in [-0.2, 0) is 24.4 Å². The van der Waals surface area contributed by atoms with Crippen molar-refractivity contribution in [3.63, 3.8) is 0 Å². The van der Waals surface area contributed by atoms with Crippen molar-refractivity contribution < 1.29 is 9.21 Å². The van der Waals surface area contributed by atoms with Gasteiger partial charge in [-0.3, -0.25) is 4.79 Å². The molecule has 0 radical (unpaired) electrons. The summed E-state index contributed by atoms with van der Waals surface area (Å²) in [5.74, 6) is 1.89. The monoisotopic (exact) mass is 446 g/mol. The molecule has 0 fully saturated rings. The minimum atomic E-state index is 0.0259. The van der Waals surface area contributed by atoms with E-state index in [-0.39, 0.29) is 11.7 Å². The summed E-state index contributed by atoms with van der Waals surface area (Å²) in [6.07, 6.45) is 1.63. The first-order valence-corrected chi connectivity index (χ1v) is 11.6. The lowest BCUT2D eigenvalue weighted by molar-refractivity contribution is -0.129. The summed E-state index contributed by atoms with van der Waals surface area (Å²) in [6, 6.07) is 21.9. The average molecular weight is 447 g/mol. The minimum Gasteiger partial charge on any atom is -0.467 e. The summed E-state index contributed by atoms with van der Waals surface area (Å²) in [5, 5.41) is 9.52. The van der Waals surface area contributed by atoms with Crippen molar-refractivity contribution in [3.8, 4) is 11.4 Å². The zero-order chi connectivity index (χ0) is 22.3. The number of aromatic nitrogens is 3. The van der Waals surface area contributed by atoms with Gasteiger partial charge in [0.05, 0.1) is 18.6 Å². The van der Waals surface area contributed by atoms with E-state index in [1.165, 1.54) is 17.3 Å². The first-order valence-electron chi connectivity index (χ1n) is 10.6. The highest BCUT2D eigenvalue weighted by molar-refractivity contribution is 7.99. The molecule has 2 heterocycles. The Morgan fingerprint density at radius 2 is 1.88 bits per heavy atom. The molecule has 0 N–H and O–H groups in total. The number of amides is 1. The first kappa shape index (κ1) is 21.9. The van der Waals surface area contributed by atoms with Gasteiger partial charge in [-0.05, 0) is 37.6 Å². The Bertz CT molecular complexity index is 1160. The summed E-state index contributed by atoms with van der Waals surface area (Å²) >= 11 is 1.42. The van der Waals surface area contributed by atoms with Crippen molar-refractivity contribution in [2.45, 2.75) is 38.6 Å². The number of carbonyl (C=O) groups is 1. The Hall–Kier alpha value is -3.32. The topological polar surface area (TPSA) is 64.2 Å². The number of hydrogen-bond donors (Lipinski definition) is 0. The van der Waals surface area contributed by atoms with E-state index < -0.39 is 0 Å². The van der Waals surface area contributed by atoms with Crippen LogP contribution in [0.15, 0.2) is 82.6 Å². The summed E-state index contributed by atoms with van der Waals surface area (Å²) in [6.45, 7) is 5.80. The summed E-state index contributed by atoms with van der Waals surface area (Å²) < 4.78 is 7.54. The molecular formula is C25H26N4O2S. The van der Waals surface area contributed by atoms with Crippen LogP contribution in [0.3, 0.4) is 0 Å². The zero-order valence-electron chi connectivity index (χ0n) is 18.3. The number of carbonyl (C=O) groups excluding carboxylic acids is 1. The van der Waals surface area contributed by atoms with E-state index in [2.05, 4.69) is 40.7 Å². The third-order valence-corrected chi connectivity index (χ3v) is 6.08. The Labute approximate surface area is 192 Å². The van der Waals surface area contributed by atoms with Crippen molar-refractivity contribution in [1.82, 2.24) is 19.7 Å². The molecule has 164 valence electrons. The molecule has 0 aliphatic carbocycles. The second kappa shape index (κ2) is 10.3. The van der Waals surface area contributed by atoms with Crippen LogP contribution in [-0.4, -0.2) is 31.3 Å². The molecule has 7 heteroatoms. The van der Waals surface area contributed by atoms with E-state index in [4.69, 9.17) is 4.42 Å². The number of aryl methyl sites for hydroxylation is 1. The van der Waals surface area contributed by atoms with Gasteiger partial charge < -0.3 is 13.9 Å². The largest absolute Gasteiger partial charge is 0.467 e. The summed E-state index contributed by atoms with van der Waals surface area (Å²) in [5.41, 5.74) is 3.28. The predicted molar refractivity (Wildman–Crippen MR) is 126 cm³/mol. The molecule has 0 bridgehead atoms. The maximum Gasteiger partial charge on any atom is 0.233 e. The van der Waals surface area contributed by atoms with E-state index in [1.54, 1.807) is 6.26 Å². The highest BCUT2D eigenvalue weighted by Crippen LogP contribution is 2.25. The third kappa shape index (κ3) is 5.29. The van der Waals surface area contributed by atoms with Gasteiger partial charge in [-0.1, -0.05) is 65.9 Å². The van der Waals surface area contributed by atoms with Gasteiger partial charge in [-0.2, -0.15) is 0 Å². The maximum absolute atomic E-state index is 13.2. The molecule has 0 aliphatic rings. The van der Waals surface area contributed by atoms with Gasteiger partial charge in [0.1, 0.15) is 5.76 Å². The van der Waals surface area contributed by atoms with Crippen LogP contribution < -0.4 is 0 Å². The van der Waals surface area contributed by atoms with Gasteiger partial charge in [0.15, 0.2) is 11.0 Å². The SMILES string of the molecule is CCn1c(SCC(=O)N(Cc2ccccc2)Cc2ccco2)nnc1-c1cccc(C)c1. The number of furan rings is 1. The summed E-state index contributed by atoms with van der Waals surface area (Å²) in [7, 11) is 0. The maximum atomic E-state index is 13.2. The number of nitrogens with zero attached hydrogens (tertiary/aromatic N) is 4. The number of hydrogen-bond acceptors (Lipinski definition) is 5. The van der Waals surface area contributed by atoms with E-state index >= 15 is 0 Å². The van der Waals surface area contributed by atoms with Crippen molar-refractivity contribution in [2.24, 2.45) is 0 Å². The third-order valence-electron chi connectivity index (χ3n) is 5.13. The van der Waals surface area contributed by atoms with E-state index in [0.717, 1.165) is 34.4 Å². The smallest absolute Gasteiger partial charge is 0.233 e. The highest BCUT2D eigenvalue weighted by atomic mass is 32.2. The molecule has 0 spiro atoms. The van der Waals surface area contributed by atoms with Gasteiger partial charge in [0, 0.05) is 18.7 Å². The fourth-order valence-corrected chi connectivity index (χ4v) is 4.43. The molecule has 0 unspecified atom stereocenters. The standard InChI is InChI=1S/C25H26N4O2S/c1-3-29-24(21-12-7-9-19(2)15-21)26-27-25(29)32-18-23(30)28(17-22-13-8-14-31-22)16-20-10-5-4-6-11-20/h4-15H,3,16-18H2,1-2H3. The molecule has 1 amide bonds. The second-order valence-corrected chi connectivity index (χ2v) is 8.47. The molecular weight excluding hydrogens is 420 g/mol. The van der Waals surface area contributed by atoms with Crippen molar-refractivity contribution in [3.05, 3.63) is 89.9 Å². The van der Waals surface area contributed by atoms with Crippen molar-refractivity contribution in [2.75, 3.05) is 5.75 Å². The molecule has 4 rings (SSSR count). The molecule has 2 aromatic heterocycles. The van der Waals surface area contributed by atoms with Crippen LogP contribution >= 0.6 is 11.8 Å². The molecule has 0 saturated heterocycles. The lowest BCUT2D eigenvalue weighted by Crippen LogP contribution is -2.31. The molecule has 4 aromatic rings. The lowest BCUT2D eigenvalue weighted by atomic mass is 10.1. The fourth-order valence-electron chi connectivity index (χ4n) is 3.52. The predicted octanol–water partition coefficient (Wildman–Crippen LogP) is 5.19. The van der Waals surface area contributed by atoms with Crippen LogP contribution in [0, 0.1) is 6.92 Å². The quantitative estimate of drug-likeness (QED) is 0.331. The number of thioether (sulfide) groups is 1. The molecule has 32 heavy (non-hydrogen) atoms.